The topological polar surface area (TPSA) is 57.0 Å². The van der Waals surface area contributed by atoms with E-state index in [1.54, 1.807) is 12.5 Å². The van der Waals surface area contributed by atoms with Gasteiger partial charge in [0.05, 0.1) is 18.5 Å². The second-order valence-electron chi connectivity index (χ2n) is 2.99. The average Bonchev–Trinajstić information content (AvgIpc) is 2.85. The van der Waals surface area contributed by atoms with Crippen LogP contribution >= 0.6 is 0 Å². The molecule has 0 saturated carbocycles. The zero-order valence-electron chi connectivity index (χ0n) is 8.10. The van der Waals surface area contributed by atoms with Crippen molar-refractivity contribution in [3.8, 4) is 11.3 Å². The van der Waals surface area contributed by atoms with Crippen molar-refractivity contribution in [2.45, 2.75) is 20.0 Å². The Balaban J connectivity index is 2.48. The van der Waals surface area contributed by atoms with Crippen LogP contribution < -0.4 is 5.73 Å². The molecule has 0 saturated heterocycles. The Hall–Kier alpha value is -1.55. The van der Waals surface area contributed by atoms with Gasteiger partial charge < -0.3 is 10.2 Å². The Morgan fingerprint density at radius 1 is 1.50 bits per heavy atom. The molecule has 0 unspecified atom stereocenters. The van der Waals surface area contributed by atoms with Crippen LogP contribution in [0.15, 0.2) is 29.0 Å². The van der Waals surface area contributed by atoms with Crippen molar-refractivity contribution in [1.82, 2.24) is 9.78 Å². The molecule has 0 bridgehead atoms. The van der Waals surface area contributed by atoms with Crippen molar-refractivity contribution in [2.24, 2.45) is 5.73 Å². The first kappa shape index (κ1) is 9.02. The standard InChI is InChI=1S/C10H13N3O/c1-2-13-9(3-5-12-13)8-4-6-14-10(8)7-11/h3-6H,2,7,11H2,1H3. The van der Waals surface area contributed by atoms with Crippen LogP contribution in [-0.2, 0) is 13.1 Å². The van der Waals surface area contributed by atoms with Crippen molar-refractivity contribution in [3.05, 3.63) is 30.4 Å². The van der Waals surface area contributed by atoms with Gasteiger partial charge in [-0.3, -0.25) is 4.68 Å². The molecule has 2 heterocycles. The van der Waals surface area contributed by atoms with Crippen LogP contribution in [-0.4, -0.2) is 9.78 Å². The fourth-order valence-corrected chi connectivity index (χ4v) is 1.54. The van der Waals surface area contributed by atoms with E-state index in [-0.39, 0.29) is 0 Å². The van der Waals surface area contributed by atoms with Crippen molar-refractivity contribution in [2.75, 3.05) is 0 Å². The Kier molecular flexibility index (Phi) is 2.37. The number of hydrogen-bond acceptors (Lipinski definition) is 3. The van der Waals surface area contributed by atoms with Crippen molar-refractivity contribution < 1.29 is 4.42 Å². The highest BCUT2D eigenvalue weighted by Gasteiger charge is 2.10. The van der Waals surface area contributed by atoms with E-state index in [2.05, 4.69) is 12.0 Å². The third kappa shape index (κ3) is 1.33. The largest absolute Gasteiger partial charge is 0.467 e. The first-order chi connectivity index (χ1) is 6.86. The molecule has 0 aliphatic heterocycles. The van der Waals surface area contributed by atoms with Crippen LogP contribution in [0, 0.1) is 0 Å². The molecule has 0 fully saturated rings. The molecule has 2 aromatic heterocycles. The van der Waals surface area contributed by atoms with Gasteiger partial charge in [0.2, 0.25) is 0 Å². The lowest BCUT2D eigenvalue weighted by molar-refractivity contribution is 0.513. The summed E-state index contributed by atoms with van der Waals surface area (Å²) in [4.78, 5) is 0. The molecule has 4 nitrogen and oxygen atoms in total. The normalized spacial score (nSPS) is 10.7. The van der Waals surface area contributed by atoms with E-state index >= 15 is 0 Å². The van der Waals surface area contributed by atoms with Gasteiger partial charge in [-0.2, -0.15) is 5.10 Å². The smallest absolute Gasteiger partial charge is 0.126 e. The lowest BCUT2D eigenvalue weighted by Crippen LogP contribution is -2.01. The summed E-state index contributed by atoms with van der Waals surface area (Å²) in [7, 11) is 0. The lowest BCUT2D eigenvalue weighted by Gasteiger charge is -2.03. The fourth-order valence-electron chi connectivity index (χ4n) is 1.54. The molecule has 2 aromatic rings. The minimum Gasteiger partial charge on any atom is -0.467 e. The summed E-state index contributed by atoms with van der Waals surface area (Å²) in [6.07, 6.45) is 3.44. The van der Waals surface area contributed by atoms with Gasteiger partial charge in [-0.15, -0.1) is 0 Å². The van der Waals surface area contributed by atoms with Gasteiger partial charge in [-0.05, 0) is 19.1 Å². The number of nitrogens with zero attached hydrogens (tertiary/aromatic N) is 2. The number of aryl methyl sites for hydroxylation is 1. The number of furan rings is 1. The van der Waals surface area contributed by atoms with Gasteiger partial charge in [-0.25, -0.2) is 0 Å². The second kappa shape index (κ2) is 3.67. The Morgan fingerprint density at radius 3 is 3.07 bits per heavy atom. The number of rotatable bonds is 3. The molecule has 0 aromatic carbocycles. The fraction of sp³-hybridized carbons (Fsp3) is 0.300. The summed E-state index contributed by atoms with van der Waals surface area (Å²) in [6, 6.07) is 3.89. The maximum Gasteiger partial charge on any atom is 0.126 e. The summed E-state index contributed by atoms with van der Waals surface area (Å²) >= 11 is 0. The summed E-state index contributed by atoms with van der Waals surface area (Å²) in [5.74, 6) is 0.806. The molecule has 2 N–H and O–H groups in total. The average molecular weight is 191 g/mol. The molecule has 0 radical (unpaired) electrons. The predicted molar refractivity (Wildman–Crippen MR) is 53.5 cm³/mol. The van der Waals surface area contributed by atoms with E-state index in [4.69, 9.17) is 10.2 Å². The predicted octanol–water partition coefficient (Wildman–Crippen LogP) is 1.62. The first-order valence-corrected chi connectivity index (χ1v) is 4.65. The SMILES string of the molecule is CCn1nccc1-c1ccoc1CN. The van der Waals surface area contributed by atoms with Crippen LogP contribution in [0.1, 0.15) is 12.7 Å². The Labute approximate surface area is 82.3 Å². The van der Waals surface area contributed by atoms with E-state index in [1.807, 2.05) is 16.8 Å². The van der Waals surface area contributed by atoms with E-state index in [9.17, 15) is 0 Å². The Morgan fingerprint density at radius 2 is 2.36 bits per heavy atom. The molecule has 0 aliphatic carbocycles. The molecular formula is C10H13N3O. The number of aromatic nitrogens is 2. The van der Waals surface area contributed by atoms with Crippen molar-refractivity contribution in [3.63, 3.8) is 0 Å². The Bertz CT molecular complexity index is 376. The van der Waals surface area contributed by atoms with E-state index < -0.39 is 0 Å². The van der Waals surface area contributed by atoms with Gasteiger partial charge in [0, 0.05) is 18.3 Å². The van der Waals surface area contributed by atoms with Gasteiger partial charge in [0.25, 0.3) is 0 Å². The van der Waals surface area contributed by atoms with E-state index in [1.165, 1.54) is 0 Å². The molecule has 4 heteroatoms. The lowest BCUT2D eigenvalue weighted by atomic mass is 10.2. The summed E-state index contributed by atoms with van der Waals surface area (Å²) in [5.41, 5.74) is 7.66. The van der Waals surface area contributed by atoms with E-state index in [0.717, 1.165) is 23.6 Å². The molecule has 14 heavy (non-hydrogen) atoms. The van der Waals surface area contributed by atoms with Crippen LogP contribution in [0.4, 0.5) is 0 Å². The monoisotopic (exact) mass is 191 g/mol. The molecule has 74 valence electrons. The highest BCUT2D eigenvalue weighted by atomic mass is 16.3. The molecule has 0 aliphatic rings. The van der Waals surface area contributed by atoms with Gasteiger partial charge in [0.15, 0.2) is 0 Å². The minimum atomic E-state index is 0.414. The van der Waals surface area contributed by atoms with Crippen LogP contribution in [0.5, 0.6) is 0 Å². The zero-order chi connectivity index (χ0) is 9.97. The maximum absolute atomic E-state index is 5.57. The van der Waals surface area contributed by atoms with Gasteiger partial charge in [-0.1, -0.05) is 0 Å². The molecule has 0 spiro atoms. The van der Waals surface area contributed by atoms with Crippen molar-refractivity contribution >= 4 is 0 Å². The zero-order valence-corrected chi connectivity index (χ0v) is 8.10. The second-order valence-corrected chi connectivity index (χ2v) is 2.99. The third-order valence-electron chi connectivity index (χ3n) is 2.22. The quantitative estimate of drug-likeness (QED) is 0.802. The first-order valence-electron chi connectivity index (χ1n) is 4.65. The number of hydrogen-bond donors (Lipinski definition) is 1. The molecule has 2 rings (SSSR count). The third-order valence-corrected chi connectivity index (χ3v) is 2.22. The summed E-state index contributed by atoms with van der Waals surface area (Å²) in [6.45, 7) is 3.31. The van der Waals surface area contributed by atoms with E-state index in [0.29, 0.717) is 6.54 Å². The maximum atomic E-state index is 5.57. The van der Waals surface area contributed by atoms with Crippen LogP contribution in [0.2, 0.25) is 0 Å². The molecule has 0 amide bonds. The van der Waals surface area contributed by atoms with Crippen LogP contribution in [0.3, 0.4) is 0 Å². The number of nitrogens with two attached hydrogens (primary N) is 1. The molecular weight excluding hydrogens is 178 g/mol. The van der Waals surface area contributed by atoms with Gasteiger partial charge in [0.1, 0.15) is 5.76 Å². The summed E-state index contributed by atoms with van der Waals surface area (Å²) in [5, 5.41) is 4.20. The van der Waals surface area contributed by atoms with Crippen LogP contribution in [0.25, 0.3) is 11.3 Å². The van der Waals surface area contributed by atoms with Crippen molar-refractivity contribution in [1.29, 1.82) is 0 Å². The minimum absolute atomic E-state index is 0.414. The van der Waals surface area contributed by atoms with Gasteiger partial charge >= 0.3 is 0 Å². The molecule has 0 atom stereocenters. The highest BCUT2D eigenvalue weighted by Crippen LogP contribution is 2.24. The summed E-state index contributed by atoms with van der Waals surface area (Å²) < 4.78 is 7.19. The highest BCUT2D eigenvalue weighted by molar-refractivity contribution is 5.61.